The zero-order valence-corrected chi connectivity index (χ0v) is 20.0. The molecule has 2 bridgehead atoms. The molecule has 4 rings (SSSR count). The summed E-state index contributed by atoms with van der Waals surface area (Å²) in [4.78, 5) is 26.7. The van der Waals surface area contributed by atoms with E-state index in [1.165, 1.54) is 25.2 Å². The van der Waals surface area contributed by atoms with Gasteiger partial charge in [-0.05, 0) is 61.4 Å². The number of piperidine rings is 1. The van der Waals surface area contributed by atoms with E-state index in [0.717, 1.165) is 38.8 Å². The fourth-order valence-electron chi connectivity index (χ4n) is 6.22. The molecule has 0 radical (unpaired) electrons. The fourth-order valence-corrected chi connectivity index (χ4v) is 6.22. The molecule has 176 valence electrons. The first-order valence-electron chi connectivity index (χ1n) is 12.1. The number of esters is 2. The minimum atomic E-state index is -0.290. The maximum absolute atomic E-state index is 12.7. The third-order valence-corrected chi connectivity index (χ3v) is 7.87. The average molecular weight is 450 g/mol. The number of fused-ring (bicyclic) bond motifs is 2. The average Bonchev–Trinajstić information content (AvgIpc) is 2.80. The summed E-state index contributed by atoms with van der Waals surface area (Å²) in [5, 5.41) is 0. The van der Waals surface area contributed by atoms with Crippen molar-refractivity contribution in [2.24, 2.45) is 11.8 Å². The molecule has 1 aliphatic heterocycles. The van der Waals surface area contributed by atoms with Crippen LogP contribution in [0.3, 0.4) is 0 Å². The molecular formula is C28H35NO4. The Morgan fingerprint density at radius 2 is 1.91 bits per heavy atom. The van der Waals surface area contributed by atoms with Crippen LogP contribution in [-0.4, -0.2) is 43.1 Å². The number of rotatable bonds is 7. The van der Waals surface area contributed by atoms with Crippen LogP contribution in [0.5, 0.6) is 5.75 Å². The Bertz CT molecular complexity index is 975. The predicted molar refractivity (Wildman–Crippen MR) is 128 cm³/mol. The highest BCUT2D eigenvalue weighted by Crippen LogP contribution is 2.51. The zero-order valence-electron chi connectivity index (χ0n) is 20.0. The van der Waals surface area contributed by atoms with E-state index in [-0.39, 0.29) is 23.3 Å². The molecule has 0 N–H and O–H groups in total. The quantitative estimate of drug-likeness (QED) is 0.450. The molecule has 5 heteroatoms. The first-order chi connectivity index (χ1) is 15.9. The molecule has 4 atom stereocenters. The van der Waals surface area contributed by atoms with Gasteiger partial charge in [-0.2, -0.15) is 0 Å². The second-order valence-corrected chi connectivity index (χ2v) is 9.68. The number of methoxy groups -OCH3 is 1. The highest BCUT2D eigenvalue weighted by atomic mass is 16.5. The van der Waals surface area contributed by atoms with Gasteiger partial charge in [0.25, 0.3) is 0 Å². The summed E-state index contributed by atoms with van der Waals surface area (Å²) < 4.78 is 10.6. The maximum atomic E-state index is 12.7. The number of carbonyl (C=O) groups is 2. The monoisotopic (exact) mass is 449 g/mol. The lowest BCUT2D eigenvalue weighted by Crippen LogP contribution is -2.58. The summed E-state index contributed by atoms with van der Waals surface area (Å²) in [5.74, 6) is 0.475. The molecule has 2 aromatic carbocycles. The maximum Gasteiger partial charge on any atom is 0.310 e. The van der Waals surface area contributed by atoms with E-state index in [1.54, 1.807) is 0 Å². The normalized spacial score (nSPS) is 25.8. The van der Waals surface area contributed by atoms with E-state index < -0.39 is 0 Å². The molecule has 1 aliphatic carbocycles. The number of nitrogens with zero attached hydrogens (tertiary/aromatic N) is 1. The van der Waals surface area contributed by atoms with E-state index in [1.807, 2.05) is 30.3 Å². The van der Waals surface area contributed by atoms with Gasteiger partial charge in [0, 0.05) is 24.9 Å². The number of hydrogen-bond acceptors (Lipinski definition) is 5. The van der Waals surface area contributed by atoms with Crippen LogP contribution in [0.25, 0.3) is 0 Å². The standard InChI is InChI=1S/C28H35NO4/c1-20-26-13-8-14-28(20,24-11-7-12-25(18-24)33-21(2)30)15-16-29(26)19-23(27(31)32-3)17-22-9-5-4-6-10-22/h4-7,9-12,18,20,23,26H,8,13-17,19H2,1-3H3/t20-,23-,26?,28?/m0/s1. The lowest BCUT2D eigenvalue weighted by Gasteiger charge is -2.56. The van der Waals surface area contributed by atoms with Gasteiger partial charge < -0.3 is 9.47 Å². The molecule has 5 nitrogen and oxygen atoms in total. The van der Waals surface area contributed by atoms with Crippen molar-refractivity contribution in [2.45, 2.75) is 57.4 Å². The fraction of sp³-hybridized carbons (Fsp3) is 0.500. The highest BCUT2D eigenvalue weighted by Gasteiger charge is 2.49. The van der Waals surface area contributed by atoms with Crippen LogP contribution in [0.2, 0.25) is 0 Å². The Hall–Kier alpha value is -2.66. The third-order valence-electron chi connectivity index (χ3n) is 7.87. The lowest BCUT2D eigenvalue weighted by molar-refractivity contribution is -0.147. The minimum Gasteiger partial charge on any atom is -0.469 e. The second kappa shape index (κ2) is 10.1. The van der Waals surface area contributed by atoms with Gasteiger partial charge in [-0.3, -0.25) is 14.5 Å². The molecule has 0 aromatic heterocycles. The summed E-state index contributed by atoms with van der Waals surface area (Å²) in [5.41, 5.74) is 2.51. The van der Waals surface area contributed by atoms with Crippen molar-refractivity contribution in [3.05, 3.63) is 65.7 Å². The minimum absolute atomic E-state index is 0.0791. The topological polar surface area (TPSA) is 55.8 Å². The van der Waals surface area contributed by atoms with E-state index in [4.69, 9.17) is 9.47 Å². The number of likely N-dealkylation sites (tertiary alicyclic amines) is 1. The van der Waals surface area contributed by atoms with Crippen LogP contribution >= 0.6 is 0 Å². The molecule has 0 amide bonds. The van der Waals surface area contributed by atoms with Gasteiger partial charge in [-0.15, -0.1) is 0 Å². The Labute approximate surface area is 197 Å². The molecule has 1 saturated carbocycles. The summed E-state index contributed by atoms with van der Waals surface area (Å²) in [7, 11) is 1.49. The van der Waals surface area contributed by atoms with Gasteiger partial charge in [0.05, 0.1) is 13.0 Å². The number of hydrogen-bond donors (Lipinski definition) is 0. The van der Waals surface area contributed by atoms with Crippen LogP contribution in [-0.2, 0) is 26.2 Å². The highest BCUT2D eigenvalue weighted by molar-refractivity contribution is 5.73. The third kappa shape index (κ3) is 4.98. The first kappa shape index (κ1) is 23.5. The van der Waals surface area contributed by atoms with Crippen LogP contribution in [0.1, 0.15) is 50.7 Å². The van der Waals surface area contributed by atoms with Crippen molar-refractivity contribution in [3.8, 4) is 5.75 Å². The molecular weight excluding hydrogens is 414 g/mol. The summed E-state index contributed by atoms with van der Waals surface area (Å²) in [6, 6.07) is 18.7. The summed E-state index contributed by atoms with van der Waals surface area (Å²) >= 11 is 0. The van der Waals surface area contributed by atoms with E-state index >= 15 is 0 Å². The summed E-state index contributed by atoms with van der Waals surface area (Å²) in [6.07, 6.45) is 5.18. The molecule has 1 heterocycles. The first-order valence-corrected chi connectivity index (χ1v) is 12.1. The van der Waals surface area contributed by atoms with Crippen LogP contribution in [0.15, 0.2) is 54.6 Å². The molecule has 33 heavy (non-hydrogen) atoms. The van der Waals surface area contributed by atoms with Gasteiger partial charge in [0.2, 0.25) is 0 Å². The Balaban J connectivity index is 1.54. The van der Waals surface area contributed by atoms with Crippen molar-refractivity contribution in [1.82, 2.24) is 4.90 Å². The zero-order chi connectivity index (χ0) is 23.4. The number of carbonyl (C=O) groups excluding carboxylic acids is 2. The number of ether oxygens (including phenoxy) is 2. The molecule has 2 unspecified atom stereocenters. The molecule has 2 aromatic rings. The Morgan fingerprint density at radius 3 is 2.64 bits per heavy atom. The van der Waals surface area contributed by atoms with Gasteiger partial charge in [0.1, 0.15) is 5.75 Å². The Kier molecular flexibility index (Phi) is 7.18. The molecule has 2 fully saturated rings. The SMILES string of the molecule is COC(=O)[C@@H](Cc1ccccc1)CN1CCC2(c3cccc(OC(C)=O)c3)CCCC1[C@@H]2C. The van der Waals surface area contributed by atoms with E-state index in [2.05, 4.69) is 36.1 Å². The second-order valence-electron chi connectivity index (χ2n) is 9.68. The largest absolute Gasteiger partial charge is 0.469 e. The van der Waals surface area contributed by atoms with Gasteiger partial charge in [-0.25, -0.2) is 0 Å². The van der Waals surface area contributed by atoms with Crippen LogP contribution < -0.4 is 4.74 Å². The Morgan fingerprint density at radius 1 is 1.12 bits per heavy atom. The molecule has 0 spiro atoms. The molecule has 2 aliphatic rings. The smallest absolute Gasteiger partial charge is 0.310 e. The van der Waals surface area contributed by atoms with Gasteiger partial charge in [-0.1, -0.05) is 55.8 Å². The van der Waals surface area contributed by atoms with Gasteiger partial charge >= 0.3 is 11.9 Å². The lowest BCUT2D eigenvalue weighted by atomic mass is 9.57. The van der Waals surface area contributed by atoms with E-state index in [0.29, 0.717) is 24.1 Å². The van der Waals surface area contributed by atoms with Crippen LogP contribution in [0.4, 0.5) is 0 Å². The van der Waals surface area contributed by atoms with Crippen molar-refractivity contribution in [2.75, 3.05) is 20.2 Å². The number of benzene rings is 2. The van der Waals surface area contributed by atoms with Crippen molar-refractivity contribution < 1.29 is 19.1 Å². The van der Waals surface area contributed by atoms with E-state index in [9.17, 15) is 9.59 Å². The van der Waals surface area contributed by atoms with Crippen molar-refractivity contribution in [3.63, 3.8) is 0 Å². The van der Waals surface area contributed by atoms with Crippen LogP contribution in [0, 0.1) is 11.8 Å². The van der Waals surface area contributed by atoms with Gasteiger partial charge in [0.15, 0.2) is 0 Å². The summed E-state index contributed by atoms with van der Waals surface area (Å²) in [6.45, 7) is 5.48. The van der Waals surface area contributed by atoms with Crippen molar-refractivity contribution in [1.29, 1.82) is 0 Å². The molecule has 1 saturated heterocycles. The van der Waals surface area contributed by atoms with Crippen molar-refractivity contribution >= 4 is 11.9 Å². The predicted octanol–water partition coefficient (Wildman–Crippen LogP) is 4.78.